The third kappa shape index (κ3) is 4.10. The molecule has 0 heterocycles. The lowest BCUT2D eigenvalue weighted by molar-refractivity contribution is 0.261. The van der Waals surface area contributed by atoms with E-state index < -0.39 is 11.8 Å². The number of amides is 2. The number of rotatable bonds is 4. The van der Waals surface area contributed by atoms with Crippen molar-refractivity contribution in [3.05, 3.63) is 53.3 Å². The van der Waals surface area contributed by atoms with Crippen molar-refractivity contribution in [2.75, 3.05) is 17.2 Å². The summed E-state index contributed by atoms with van der Waals surface area (Å²) in [5, 5.41) is 5.29. The molecular weight excluding hydrogens is 295 g/mol. The summed E-state index contributed by atoms with van der Waals surface area (Å²) < 4.78 is 19.0. The minimum absolute atomic E-state index is 0.0470. The van der Waals surface area contributed by atoms with Crippen LogP contribution in [0.2, 0.25) is 5.02 Å². The predicted molar refractivity (Wildman–Crippen MR) is 81.7 cm³/mol. The summed E-state index contributed by atoms with van der Waals surface area (Å²) in [5.74, 6) is -0.0533. The average molecular weight is 309 g/mol. The molecule has 4 nitrogen and oxygen atoms in total. The fourth-order valence-electron chi connectivity index (χ4n) is 1.72. The van der Waals surface area contributed by atoms with Gasteiger partial charge < -0.3 is 15.4 Å². The first-order chi connectivity index (χ1) is 10.1. The van der Waals surface area contributed by atoms with Crippen LogP contribution in [-0.4, -0.2) is 12.6 Å². The van der Waals surface area contributed by atoms with Gasteiger partial charge in [0.05, 0.1) is 18.0 Å². The molecule has 0 unspecified atom stereocenters. The van der Waals surface area contributed by atoms with E-state index in [-0.39, 0.29) is 10.7 Å². The number of carbonyl (C=O) groups excluding carboxylic acids is 1. The summed E-state index contributed by atoms with van der Waals surface area (Å²) in [6.45, 7) is 2.33. The summed E-state index contributed by atoms with van der Waals surface area (Å²) in [5.41, 5.74) is 0.553. The number of ether oxygens (including phenoxy) is 1. The summed E-state index contributed by atoms with van der Waals surface area (Å²) >= 11 is 5.65. The van der Waals surface area contributed by atoms with Gasteiger partial charge in [0.2, 0.25) is 0 Å². The second kappa shape index (κ2) is 6.95. The number of hydrogen-bond acceptors (Lipinski definition) is 2. The molecule has 0 saturated carbocycles. The molecule has 0 spiro atoms. The van der Waals surface area contributed by atoms with Crippen LogP contribution < -0.4 is 15.4 Å². The Bertz CT molecular complexity index is 649. The highest BCUT2D eigenvalue weighted by Gasteiger charge is 2.10. The van der Waals surface area contributed by atoms with Gasteiger partial charge in [-0.25, -0.2) is 9.18 Å². The minimum Gasteiger partial charge on any atom is -0.492 e. The molecule has 2 N–H and O–H groups in total. The minimum atomic E-state index is -0.601. The molecule has 21 heavy (non-hydrogen) atoms. The van der Waals surface area contributed by atoms with Crippen molar-refractivity contribution in [1.29, 1.82) is 0 Å². The Balaban J connectivity index is 2.08. The molecule has 0 aliphatic rings. The van der Waals surface area contributed by atoms with E-state index in [9.17, 15) is 9.18 Å². The molecule has 0 bridgehead atoms. The molecule has 6 heteroatoms. The van der Waals surface area contributed by atoms with Crippen LogP contribution in [0.5, 0.6) is 5.75 Å². The molecule has 0 atom stereocenters. The van der Waals surface area contributed by atoms with Gasteiger partial charge in [-0.05, 0) is 37.3 Å². The highest BCUT2D eigenvalue weighted by atomic mass is 35.5. The fourth-order valence-corrected chi connectivity index (χ4v) is 1.88. The van der Waals surface area contributed by atoms with E-state index in [4.69, 9.17) is 16.3 Å². The third-order valence-electron chi connectivity index (χ3n) is 2.61. The summed E-state index contributed by atoms with van der Waals surface area (Å²) in [6.07, 6.45) is 0. The van der Waals surface area contributed by atoms with Gasteiger partial charge in [-0.3, -0.25) is 0 Å². The van der Waals surface area contributed by atoms with Crippen molar-refractivity contribution in [3.8, 4) is 5.75 Å². The normalized spacial score (nSPS) is 10.0. The van der Waals surface area contributed by atoms with Crippen LogP contribution >= 0.6 is 11.6 Å². The largest absolute Gasteiger partial charge is 0.492 e. The highest BCUT2D eigenvalue weighted by Crippen LogP contribution is 2.24. The Morgan fingerprint density at radius 1 is 1.19 bits per heavy atom. The maximum atomic E-state index is 13.6. The smallest absolute Gasteiger partial charge is 0.323 e. The Labute approximate surface area is 126 Å². The molecule has 2 aromatic carbocycles. The number of carbonyl (C=O) groups is 1. The second-order valence-corrected chi connectivity index (χ2v) is 4.57. The van der Waals surface area contributed by atoms with Gasteiger partial charge in [-0.15, -0.1) is 0 Å². The van der Waals surface area contributed by atoms with Gasteiger partial charge >= 0.3 is 6.03 Å². The van der Waals surface area contributed by atoms with E-state index in [2.05, 4.69) is 10.6 Å². The van der Waals surface area contributed by atoms with Crippen LogP contribution in [-0.2, 0) is 0 Å². The van der Waals surface area contributed by atoms with E-state index in [0.717, 1.165) is 6.07 Å². The first-order valence-electron chi connectivity index (χ1n) is 6.35. The molecule has 0 saturated heterocycles. The molecule has 2 amide bonds. The maximum Gasteiger partial charge on any atom is 0.323 e. The van der Waals surface area contributed by atoms with Crippen molar-refractivity contribution < 1.29 is 13.9 Å². The maximum absolute atomic E-state index is 13.6. The number of para-hydroxylation sites is 2. The number of halogens is 2. The fraction of sp³-hybridized carbons (Fsp3) is 0.133. The predicted octanol–water partition coefficient (Wildman–Crippen LogP) is 4.52. The molecule has 2 rings (SSSR count). The molecule has 0 aliphatic carbocycles. The SMILES string of the molecule is CCOc1ccccc1NC(=O)Nc1ccc(Cl)cc1F. The Kier molecular flexibility index (Phi) is 5.00. The van der Waals surface area contributed by atoms with E-state index >= 15 is 0 Å². The lowest BCUT2D eigenvalue weighted by atomic mass is 10.3. The number of urea groups is 1. The quantitative estimate of drug-likeness (QED) is 0.872. The van der Waals surface area contributed by atoms with E-state index in [0.29, 0.717) is 18.0 Å². The van der Waals surface area contributed by atoms with Crippen molar-refractivity contribution in [2.45, 2.75) is 6.92 Å². The van der Waals surface area contributed by atoms with Crippen molar-refractivity contribution in [2.24, 2.45) is 0 Å². The van der Waals surface area contributed by atoms with Crippen LogP contribution in [0.4, 0.5) is 20.6 Å². The Morgan fingerprint density at radius 2 is 1.90 bits per heavy atom. The standard InChI is InChI=1S/C15H14ClFN2O2/c1-2-21-14-6-4-3-5-13(14)19-15(20)18-12-8-7-10(16)9-11(12)17/h3-9H,2H2,1H3,(H2,18,19,20). The average Bonchev–Trinajstić information content (AvgIpc) is 2.44. The summed E-state index contributed by atoms with van der Waals surface area (Å²) in [7, 11) is 0. The zero-order chi connectivity index (χ0) is 15.2. The number of nitrogens with one attached hydrogen (secondary N) is 2. The number of hydrogen-bond donors (Lipinski definition) is 2. The molecule has 2 aromatic rings. The molecule has 0 radical (unpaired) electrons. The third-order valence-corrected chi connectivity index (χ3v) is 2.85. The van der Waals surface area contributed by atoms with Crippen molar-refractivity contribution >= 4 is 29.0 Å². The number of benzene rings is 2. The lowest BCUT2D eigenvalue weighted by Gasteiger charge is -2.12. The summed E-state index contributed by atoms with van der Waals surface area (Å²) in [6, 6.07) is 10.5. The number of anilines is 2. The molecular formula is C15H14ClFN2O2. The van der Waals surface area contributed by atoms with E-state index in [1.165, 1.54) is 12.1 Å². The molecule has 0 aromatic heterocycles. The summed E-state index contributed by atoms with van der Waals surface area (Å²) in [4.78, 5) is 11.9. The zero-order valence-electron chi connectivity index (χ0n) is 11.3. The van der Waals surface area contributed by atoms with Crippen molar-refractivity contribution in [3.63, 3.8) is 0 Å². The van der Waals surface area contributed by atoms with Gasteiger partial charge in [0, 0.05) is 5.02 Å². The topological polar surface area (TPSA) is 50.4 Å². The van der Waals surface area contributed by atoms with Gasteiger partial charge in [-0.2, -0.15) is 0 Å². The van der Waals surface area contributed by atoms with Gasteiger partial charge in [0.25, 0.3) is 0 Å². The van der Waals surface area contributed by atoms with Crippen LogP contribution in [0.1, 0.15) is 6.92 Å². The van der Waals surface area contributed by atoms with E-state index in [1.807, 2.05) is 6.92 Å². The van der Waals surface area contributed by atoms with Crippen LogP contribution in [0.15, 0.2) is 42.5 Å². The molecule has 0 fully saturated rings. The van der Waals surface area contributed by atoms with Gasteiger partial charge in [0.15, 0.2) is 0 Å². The van der Waals surface area contributed by atoms with Gasteiger partial charge in [0.1, 0.15) is 11.6 Å². The van der Waals surface area contributed by atoms with E-state index in [1.54, 1.807) is 24.3 Å². The van der Waals surface area contributed by atoms with Crippen molar-refractivity contribution in [1.82, 2.24) is 0 Å². The Hall–Kier alpha value is -2.27. The highest BCUT2D eigenvalue weighted by molar-refractivity contribution is 6.30. The first-order valence-corrected chi connectivity index (χ1v) is 6.73. The van der Waals surface area contributed by atoms with Gasteiger partial charge in [-0.1, -0.05) is 23.7 Å². The first kappa shape index (κ1) is 15.1. The van der Waals surface area contributed by atoms with Crippen LogP contribution in [0.25, 0.3) is 0 Å². The zero-order valence-corrected chi connectivity index (χ0v) is 12.1. The second-order valence-electron chi connectivity index (χ2n) is 4.13. The van der Waals surface area contributed by atoms with Crippen LogP contribution in [0.3, 0.4) is 0 Å². The molecule has 110 valence electrons. The van der Waals surface area contributed by atoms with Crippen LogP contribution in [0, 0.1) is 5.82 Å². The lowest BCUT2D eigenvalue weighted by Crippen LogP contribution is -2.20. The Morgan fingerprint density at radius 3 is 2.62 bits per heavy atom. The molecule has 0 aliphatic heterocycles. The monoisotopic (exact) mass is 308 g/mol.